The van der Waals surface area contributed by atoms with Crippen LogP contribution in [0.3, 0.4) is 0 Å². The normalized spacial score (nSPS) is 24.1. The Hall–Kier alpha value is -4.10. The van der Waals surface area contributed by atoms with Gasteiger partial charge in [0.05, 0.1) is 0 Å². The highest BCUT2D eigenvalue weighted by Crippen LogP contribution is 2.32. The molecular formula is C38H41N. The summed E-state index contributed by atoms with van der Waals surface area (Å²) in [6, 6.07) is 8.85. The minimum absolute atomic E-state index is 0.0808. The zero-order chi connectivity index (χ0) is 27.8. The van der Waals surface area contributed by atoms with E-state index in [0.29, 0.717) is 0 Å². The van der Waals surface area contributed by atoms with Crippen molar-refractivity contribution in [1.29, 1.82) is 0 Å². The molecule has 0 bridgehead atoms. The van der Waals surface area contributed by atoms with Crippen molar-refractivity contribution >= 4 is 11.3 Å². The van der Waals surface area contributed by atoms with Crippen LogP contribution in [-0.4, -0.2) is 0 Å². The van der Waals surface area contributed by atoms with E-state index in [2.05, 4.69) is 149 Å². The van der Waals surface area contributed by atoms with Gasteiger partial charge in [0.2, 0.25) is 0 Å². The van der Waals surface area contributed by atoms with Gasteiger partial charge in [-0.05, 0) is 110 Å². The van der Waals surface area contributed by atoms with Gasteiger partial charge in [-0.25, -0.2) is 0 Å². The molecule has 1 aromatic carbocycles. The van der Waals surface area contributed by atoms with Crippen LogP contribution in [0.15, 0.2) is 162 Å². The molecule has 0 fully saturated rings. The highest BCUT2D eigenvalue weighted by Gasteiger charge is 2.14. The molecule has 4 rings (SSSR count). The van der Waals surface area contributed by atoms with Crippen molar-refractivity contribution in [3.63, 3.8) is 0 Å². The van der Waals surface area contributed by atoms with Gasteiger partial charge in [0, 0.05) is 24.0 Å². The van der Waals surface area contributed by atoms with Crippen molar-refractivity contribution in [3.8, 4) is 0 Å². The summed E-state index contributed by atoms with van der Waals surface area (Å²) in [6.07, 6.45) is 33.9. The Kier molecular flexibility index (Phi) is 9.39. The van der Waals surface area contributed by atoms with Crippen LogP contribution in [0, 0.1) is 5.92 Å². The second kappa shape index (κ2) is 13.1. The van der Waals surface area contributed by atoms with Gasteiger partial charge in [-0.1, -0.05) is 97.7 Å². The first-order chi connectivity index (χ1) is 18.9. The van der Waals surface area contributed by atoms with E-state index in [1.807, 2.05) is 6.08 Å². The predicted molar refractivity (Wildman–Crippen MR) is 172 cm³/mol. The molecule has 0 saturated carbocycles. The molecule has 0 saturated heterocycles. The highest BCUT2D eigenvalue weighted by molar-refractivity contribution is 5.72. The Morgan fingerprint density at radius 3 is 2.51 bits per heavy atom. The zero-order valence-electron chi connectivity index (χ0n) is 24.0. The summed E-state index contributed by atoms with van der Waals surface area (Å²) in [5.41, 5.74) is 12.4. The van der Waals surface area contributed by atoms with Crippen LogP contribution >= 0.6 is 0 Å². The Labute approximate surface area is 236 Å². The maximum absolute atomic E-state index is 4.36. The SMILES string of the molecule is C=C/C=C(/C)C(=CC1C=CN(c2ccc(C3=CC=CC3)cc2)/C=C\C(C)=C/C(=C)/C(C)=C/1)C1=C(C)CCC=C1. The molecule has 39 heavy (non-hydrogen) atoms. The molecule has 3 aliphatic rings. The Morgan fingerprint density at radius 2 is 1.82 bits per heavy atom. The van der Waals surface area contributed by atoms with Gasteiger partial charge in [0.1, 0.15) is 0 Å². The molecule has 1 atom stereocenters. The second-order valence-electron chi connectivity index (χ2n) is 10.6. The largest absolute Gasteiger partial charge is 0.324 e. The third kappa shape index (κ3) is 7.27. The molecule has 0 amide bonds. The third-order valence-corrected chi connectivity index (χ3v) is 7.50. The Bertz CT molecular complexity index is 1420. The van der Waals surface area contributed by atoms with E-state index in [1.165, 1.54) is 39.0 Å². The van der Waals surface area contributed by atoms with Gasteiger partial charge in [0.25, 0.3) is 0 Å². The average Bonchev–Trinajstić information content (AvgIpc) is 3.46. The molecule has 1 aliphatic heterocycles. The lowest BCUT2D eigenvalue weighted by Crippen LogP contribution is -2.08. The van der Waals surface area contributed by atoms with Crippen LogP contribution in [0.2, 0.25) is 0 Å². The minimum atomic E-state index is 0.0808. The van der Waals surface area contributed by atoms with E-state index in [4.69, 9.17) is 0 Å². The average molecular weight is 512 g/mol. The molecule has 1 heterocycles. The quantitative estimate of drug-likeness (QED) is 0.343. The lowest BCUT2D eigenvalue weighted by Gasteiger charge is -2.20. The summed E-state index contributed by atoms with van der Waals surface area (Å²) in [4.78, 5) is 2.21. The highest BCUT2D eigenvalue weighted by atomic mass is 15.1. The Balaban J connectivity index is 1.78. The number of allylic oxidation sites excluding steroid dienone is 20. The van der Waals surface area contributed by atoms with Crippen molar-refractivity contribution in [2.75, 3.05) is 4.90 Å². The second-order valence-corrected chi connectivity index (χ2v) is 10.6. The monoisotopic (exact) mass is 511 g/mol. The topological polar surface area (TPSA) is 3.24 Å². The fourth-order valence-electron chi connectivity index (χ4n) is 5.10. The summed E-state index contributed by atoms with van der Waals surface area (Å²) in [7, 11) is 0. The van der Waals surface area contributed by atoms with Crippen molar-refractivity contribution in [2.45, 2.75) is 47.0 Å². The molecular weight excluding hydrogens is 470 g/mol. The maximum Gasteiger partial charge on any atom is 0.0449 e. The van der Waals surface area contributed by atoms with Gasteiger partial charge in [-0.15, -0.1) is 0 Å². The fraction of sp³-hybridized carbons (Fsp3) is 0.211. The number of hydrogen-bond donors (Lipinski definition) is 0. The van der Waals surface area contributed by atoms with E-state index < -0.39 is 0 Å². The third-order valence-electron chi connectivity index (χ3n) is 7.50. The molecule has 1 nitrogen and oxygen atoms in total. The van der Waals surface area contributed by atoms with Crippen molar-refractivity contribution in [1.82, 2.24) is 0 Å². The zero-order valence-corrected chi connectivity index (χ0v) is 24.0. The van der Waals surface area contributed by atoms with E-state index in [0.717, 1.165) is 36.1 Å². The van der Waals surface area contributed by atoms with Crippen LogP contribution in [0.25, 0.3) is 5.57 Å². The molecule has 0 spiro atoms. The summed E-state index contributed by atoms with van der Waals surface area (Å²) in [5, 5.41) is 0. The van der Waals surface area contributed by atoms with E-state index in [-0.39, 0.29) is 5.92 Å². The molecule has 0 aromatic heterocycles. The predicted octanol–water partition coefficient (Wildman–Crippen LogP) is 10.7. The van der Waals surface area contributed by atoms with Crippen LogP contribution in [0.1, 0.15) is 52.5 Å². The summed E-state index contributed by atoms with van der Waals surface area (Å²) in [5.74, 6) is 0.0808. The lowest BCUT2D eigenvalue weighted by molar-refractivity contribution is 0.937. The number of benzene rings is 1. The Morgan fingerprint density at radius 1 is 1.03 bits per heavy atom. The fourth-order valence-corrected chi connectivity index (χ4v) is 5.10. The summed E-state index contributed by atoms with van der Waals surface area (Å²) in [6.45, 7) is 17.0. The van der Waals surface area contributed by atoms with Gasteiger partial charge in [-0.3, -0.25) is 0 Å². The maximum atomic E-state index is 4.36. The molecule has 0 N–H and O–H groups in total. The molecule has 1 unspecified atom stereocenters. The summed E-state index contributed by atoms with van der Waals surface area (Å²) >= 11 is 0. The molecule has 1 aromatic rings. The van der Waals surface area contributed by atoms with Gasteiger partial charge < -0.3 is 4.90 Å². The number of hydrogen-bond acceptors (Lipinski definition) is 1. The number of rotatable bonds is 6. The van der Waals surface area contributed by atoms with Crippen molar-refractivity contribution in [3.05, 3.63) is 167 Å². The van der Waals surface area contributed by atoms with Crippen LogP contribution in [0.5, 0.6) is 0 Å². The molecule has 0 radical (unpaired) electrons. The first-order valence-electron chi connectivity index (χ1n) is 13.9. The minimum Gasteiger partial charge on any atom is -0.324 e. The number of anilines is 1. The summed E-state index contributed by atoms with van der Waals surface area (Å²) < 4.78 is 0. The van der Waals surface area contributed by atoms with Gasteiger partial charge >= 0.3 is 0 Å². The van der Waals surface area contributed by atoms with Crippen LogP contribution in [0.4, 0.5) is 5.69 Å². The molecule has 198 valence electrons. The standard InChI is InChI=1S/C38H41N/c1-7-12-29(3)38(37-16-11-8-13-30(37)4)27-33-22-24-39(23-21-28(2)25-31(5)32(6)26-33)36-19-17-35(18-20-36)34-14-9-10-15-34/h7,9-12,14,16-27,33H,1,5,8,13,15H2,2-4,6H3/b23-21-,24-22?,28-25-,29-12-,32-26+,38-27?. The van der Waals surface area contributed by atoms with E-state index in [9.17, 15) is 0 Å². The molecule has 1 heteroatoms. The van der Waals surface area contributed by atoms with Gasteiger partial charge in [0.15, 0.2) is 0 Å². The van der Waals surface area contributed by atoms with Crippen LogP contribution in [-0.2, 0) is 0 Å². The van der Waals surface area contributed by atoms with Crippen molar-refractivity contribution in [2.24, 2.45) is 5.92 Å². The van der Waals surface area contributed by atoms with E-state index in [1.54, 1.807) is 0 Å². The van der Waals surface area contributed by atoms with Gasteiger partial charge in [-0.2, -0.15) is 0 Å². The lowest BCUT2D eigenvalue weighted by atomic mass is 9.86. The molecule has 2 aliphatic carbocycles. The number of nitrogens with zero attached hydrogens (tertiary/aromatic N) is 1. The smallest absolute Gasteiger partial charge is 0.0449 e. The first-order valence-corrected chi connectivity index (χ1v) is 13.9. The van der Waals surface area contributed by atoms with Crippen molar-refractivity contribution < 1.29 is 0 Å². The first kappa shape index (κ1) is 27.9. The van der Waals surface area contributed by atoms with E-state index >= 15 is 0 Å². The van der Waals surface area contributed by atoms with Crippen LogP contribution < -0.4 is 4.90 Å².